The zero-order valence-electron chi connectivity index (χ0n) is 14.6. The minimum Gasteiger partial charge on any atom is -0.321 e. The number of carbonyl (C=O) groups excluding carboxylic acids is 1. The highest BCUT2D eigenvalue weighted by Gasteiger charge is 2.25. The second kappa shape index (κ2) is 8.76. The van der Waals surface area contributed by atoms with Crippen LogP contribution in [0.25, 0.3) is 0 Å². The van der Waals surface area contributed by atoms with Gasteiger partial charge < -0.3 is 15.5 Å². The van der Waals surface area contributed by atoms with Crippen LogP contribution in [0.4, 0.5) is 19.3 Å². The van der Waals surface area contributed by atoms with Crippen LogP contribution in [0.15, 0.2) is 48.5 Å². The number of urea groups is 1. The van der Waals surface area contributed by atoms with Gasteiger partial charge in [0.2, 0.25) is 0 Å². The largest absolute Gasteiger partial charge is 0.322 e. The van der Waals surface area contributed by atoms with Crippen LogP contribution in [0, 0.1) is 11.6 Å². The third-order valence-electron chi connectivity index (χ3n) is 4.67. The van der Waals surface area contributed by atoms with Gasteiger partial charge in [-0.15, -0.1) is 0 Å². The molecule has 1 saturated heterocycles. The molecule has 0 radical (unpaired) electrons. The standard InChI is InChI=1S/C20H23F2N3O/c21-16-6-7-19(18(22)14-16)24-20(26)25(17-8-11-23-12-9-17)13-10-15-4-2-1-3-5-15/h1-7,14,17,23H,8-13H2,(H,24,26). The Morgan fingerprint density at radius 1 is 1.12 bits per heavy atom. The first-order chi connectivity index (χ1) is 12.6. The van der Waals surface area contributed by atoms with Gasteiger partial charge in [-0.1, -0.05) is 30.3 Å². The Hall–Kier alpha value is -2.47. The summed E-state index contributed by atoms with van der Waals surface area (Å²) in [6.45, 7) is 2.25. The fourth-order valence-electron chi connectivity index (χ4n) is 3.24. The van der Waals surface area contributed by atoms with Crippen molar-refractivity contribution < 1.29 is 13.6 Å². The van der Waals surface area contributed by atoms with Crippen LogP contribution in [0.5, 0.6) is 0 Å². The number of hydrogen-bond acceptors (Lipinski definition) is 2. The number of anilines is 1. The van der Waals surface area contributed by atoms with E-state index < -0.39 is 11.6 Å². The minimum absolute atomic E-state index is 0.00459. The van der Waals surface area contributed by atoms with E-state index in [9.17, 15) is 13.6 Å². The van der Waals surface area contributed by atoms with Gasteiger partial charge in [0.1, 0.15) is 11.6 Å². The molecule has 0 unspecified atom stereocenters. The number of hydrogen-bond donors (Lipinski definition) is 2. The molecular formula is C20H23F2N3O. The predicted molar refractivity (Wildman–Crippen MR) is 98.1 cm³/mol. The second-order valence-corrected chi connectivity index (χ2v) is 6.46. The highest BCUT2D eigenvalue weighted by Crippen LogP contribution is 2.19. The number of carbonyl (C=O) groups is 1. The molecule has 1 aliphatic rings. The van der Waals surface area contributed by atoms with Crippen molar-refractivity contribution in [1.82, 2.24) is 10.2 Å². The molecule has 0 saturated carbocycles. The third-order valence-corrected chi connectivity index (χ3v) is 4.67. The van der Waals surface area contributed by atoms with Crippen LogP contribution >= 0.6 is 0 Å². The first-order valence-corrected chi connectivity index (χ1v) is 8.91. The lowest BCUT2D eigenvalue weighted by Gasteiger charge is -2.34. The minimum atomic E-state index is -0.772. The Balaban J connectivity index is 1.71. The van der Waals surface area contributed by atoms with Gasteiger partial charge in [-0.05, 0) is 50.0 Å². The summed E-state index contributed by atoms with van der Waals surface area (Å²) in [5.41, 5.74) is 1.14. The third kappa shape index (κ3) is 4.79. The summed E-state index contributed by atoms with van der Waals surface area (Å²) in [5.74, 6) is -1.44. The predicted octanol–water partition coefficient (Wildman–Crippen LogP) is 3.79. The molecule has 0 aliphatic carbocycles. The maximum Gasteiger partial charge on any atom is 0.322 e. The molecule has 26 heavy (non-hydrogen) atoms. The topological polar surface area (TPSA) is 44.4 Å². The van der Waals surface area contributed by atoms with Crippen molar-refractivity contribution in [3.63, 3.8) is 0 Å². The molecule has 3 rings (SSSR count). The van der Waals surface area contributed by atoms with Crippen LogP contribution in [0.3, 0.4) is 0 Å². The van der Waals surface area contributed by atoms with E-state index in [2.05, 4.69) is 10.6 Å². The molecule has 138 valence electrons. The average molecular weight is 359 g/mol. The van der Waals surface area contributed by atoms with Gasteiger partial charge in [-0.25, -0.2) is 13.6 Å². The molecule has 0 spiro atoms. The van der Waals surface area contributed by atoms with Crippen LogP contribution < -0.4 is 10.6 Å². The van der Waals surface area contributed by atoms with Crippen LogP contribution in [0.1, 0.15) is 18.4 Å². The van der Waals surface area contributed by atoms with Crippen molar-refractivity contribution in [2.45, 2.75) is 25.3 Å². The number of nitrogens with one attached hydrogen (secondary N) is 2. The van der Waals surface area contributed by atoms with Gasteiger partial charge in [0.15, 0.2) is 0 Å². The van der Waals surface area contributed by atoms with Gasteiger partial charge in [0.25, 0.3) is 0 Å². The first-order valence-electron chi connectivity index (χ1n) is 8.91. The van der Waals surface area contributed by atoms with Crippen LogP contribution in [-0.2, 0) is 6.42 Å². The van der Waals surface area contributed by atoms with Crippen molar-refractivity contribution in [2.75, 3.05) is 25.0 Å². The molecule has 1 fully saturated rings. The van der Waals surface area contributed by atoms with E-state index >= 15 is 0 Å². The first kappa shape index (κ1) is 18.3. The molecule has 2 aromatic carbocycles. The zero-order chi connectivity index (χ0) is 18.4. The number of nitrogens with zero attached hydrogens (tertiary/aromatic N) is 1. The van der Waals surface area contributed by atoms with Crippen molar-refractivity contribution >= 4 is 11.7 Å². The molecule has 1 aliphatic heterocycles. The Kier molecular flexibility index (Phi) is 6.17. The van der Waals surface area contributed by atoms with E-state index in [0.29, 0.717) is 6.54 Å². The van der Waals surface area contributed by atoms with Crippen LogP contribution in [-0.4, -0.2) is 36.6 Å². The maximum absolute atomic E-state index is 13.9. The van der Waals surface area contributed by atoms with Gasteiger partial charge in [-0.2, -0.15) is 0 Å². The van der Waals surface area contributed by atoms with Gasteiger partial charge >= 0.3 is 6.03 Å². The molecule has 0 atom stereocenters. The van der Waals surface area contributed by atoms with Gasteiger partial charge in [-0.3, -0.25) is 0 Å². The normalized spacial score (nSPS) is 14.8. The molecular weight excluding hydrogens is 336 g/mol. The number of piperidine rings is 1. The summed E-state index contributed by atoms with van der Waals surface area (Å²) in [6.07, 6.45) is 2.44. The van der Waals surface area contributed by atoms with Gasteiger partial charge in [0.05, 0.1) is 5.69 Å². The molecule has 2 aromatic rings. The van der Waals surface area contributed by atoms with E-state index in [1.54, 1.807) is 4.90 Å². The summed E-state index contributed by atoms with van der Waals surface area (Å²) in [4.78, 5) is 14.6. The highest BCUT2D eigenvalue weighted by molar-refractivity contribution is 5.89. The van der Waals surface area contributed by atoms with Crippen molar-refractivity contribution in [3.05, 3.63) is 65.7 Å². The molecule has 0 aromatic heterocycles. The number of rotatable bonds is 5. The second-order valence-electron chi connectivity index (χ2n) is 6.46. The Morgan fingerprint density at radius 2 is 1.85 bits per heavy atom. The van der Waals surface area contributed by atoms with E-state index in [-0.39, 0.29) is 17.8 Å². The summed E-state index contributed by atoms with van der Waals surface area (Å²) in [6, 6.07) is 12.9. The molecule has 0 bridgehead atoms. The highest BCUT2D eigenvalue weighted by atomic mass is 19.1. The van der Waals surface area contributed by atoms with Gasteiger partial charge in [0, 0.05) is 18.7 Å². The quantitative estimate of drug-likeness (QED) is 0.853. The lowest BCUT2D eigenvalue weighted by atomic mass is 10.0. The Bertz CT molecular complexity index is 733. The molecule has 6 heteroatoms. The molecule has 4 nitrogen and oxygen atoms in total. The van der Waals surface area contributed by atoms with Crippen LogP contribution in [0.2, 0.25) is 0 Å². The zero-order valence-corrected chi connectivity index (χ0v) is 14.6. The number of amides is 2. The number of benzene rings is 2. The van der Waals surface area contributed by atoms with E-state index in [4.69, 9.17) is 0 Å². The summed E-state index contributed by atoms with van der Waals surface area (Å²) in [5, 5.41) is 5.88. The fourth-order valence-corrected chi connectivity index (χ4v) is 3.24. The van der Waals surface area contributed by atoms with Crippen molar-refractivity contribution in [3.8, 4) is 0 Å². The van der Waals surface area contributed by atoms with E-state index in [0.717, 1.165) is 50.0 Å². The lowest BCUT2D eigenvalue weighted by molar-refractivity contribution is 0.172. The van der Waals surface area contributed by atoms with E-state index in [1.165, 1.54) is 6.07 Å². The van der Waals surface area contributed by atoms with E-state index in [1.807, 2.05) is 30.3 Å². The molecule has 1 heterocycles. The Morgan fingerprint density at radius 3 is 2.54 bits per heavy atom. The average Bonchev–Trinajstić information content (AvgIpc) is 2.66. The van der Waals surface area contributed by atoms with Crippen molar-refractivity contribution in [2.24, 2.45) is 0 Å². The molecule has 2 amide bonds. The fraction of sp³-hybridized carbons (Fsp3) is 0.350. The summed E-state index contributed by atoms with van der Waals surface area (Å²) >= 11 is 0. The Labute approximate surface area is 152 Å². The summed E-state index contributed by atoms with van der Waals surface area (Å²) in [7, 11) is 0. The molecule has 2 N–H and O–H groups in total. The maximum atomic E-state index is 13.9. The lowest BCUT2D eigenvalue weighted by Crippen LogP contribution is -2.48. The smallest absolute Gasteiger partial charge is 0.321 e. The number of halogens is 2. The SMILES string of the molecule is O=C(Nc1ccc(F)cc1F)N(CCc1ccccc1)C1CCNCC1. The van der Waals surface area contributed by atoms with Crippen molar-refractivity contribution in [1.29, 1.82) is 0 Å². The monoisotopic (exact) mass is 359 g/mol. The summed E-state index contributed by atoms with van der Waals surface area (Å²) < 4.78 is 27.0.